The first-order valence-corrected chi connectivity index (χ1v) is 19.6. The summed E-state index contributed by atoms with van der Waals surface area (Å²) in [5, 5.41) is 1.19. The summed E-state index contributed by atoms with van der Waals surface area (Å²) >= 11 is 2.26. The maximum atomic E-state index is 5.99. The van der Waals surface area contributed by atoms with Crippen LogP contribution in [0.3, 0.4) is 0 Å². The molecule has 4 unspecified atom stereocenters. The van der Waals surface area contributed by atoms with Gasteiger partial charge < -0.3 is 9.47 Å². The Balaban J connectivity index is 1.65. The van der Waals surface area contributed by atoms with Crippen molar-refractivity contribution in [3.05, 3.63) is 0 Å². The largest absolute Gasteiger partial charge is 0.372 e. The van der Waals surface area contributed by atoms with E-state index in [9.17, 15) is 0 Å². The lowest BCUT2D eigenvalue weighted by molar-refractivity contribution is 0.245. The Labute approximate surface area is 263 Å². The molecule has 0 amide bonds. The minimum Gasteiger partial charge on any atom is -0.372 e. The molecule has 41 heavy (non-hydrogen) atoms. The Morgan fingerprint density at radius 2 is 0.707 bits per heavy atom. The van der Waals surface area contributed by atoms with Gasteiger partial charge in [-0.15, -0.1) is 11.8 Å². The summed E-state index contributed by atoms with van der Waals surface area (Å²) in [5.41, 5.74) is 0.649. The summed E-state index contributed by atoms with van der Waals surface area (Å²) in [7, 11) is 0. The molecule has 0 spiro atoms. The second kappa shape index (κ2) is 21.9. The van der Waals surface area contributed by atoms with Gasteiger partial charge in [0.2, 0.25) is 0 Å². The van der Waals surface area contributed by atoms with E-state index in [2.05, 4.69) is 53.3 Å². The van der Waals surface area contributed by atoms with Crippen molar-refractivity contribution in [2.45, 2.75) is 218 Å². The fourth-order valence-electron chi connectivity index (χ4n) is 6.94. The zero-order valence-electron chi connectivity index (χ0n) is 28.9. The molecule has 0 bridgehead atoms. The predicted octanol–water partition coefficient (Wildman–Crippen LogP) is 12.7. The Morgan fingerprint density at radius 1 is 0.463 bits per heavy atom. The summed E-state index contributed by atoms with van der Waals surface area (Å²) in [5.74, 6) is 0. The average Bonchev–Trinajstić information content (AvgIpc) is 3.86. The second-order valence-electron chi connectivity index (χ2n) is 15.3. The molecule has 0 radical (unpaired) electrons. The van der Waals surface area contributed by atoms with Gasteiger partial charge in [0.15, 0.2) is 0 Å². The van der Waals surface area contributed by atoms with Gasteiger partial charge in [-0.1, -0.05) is 183 Å². The Kier molecular flexibility index (Phi) is 20.0. The highest BCUT2D eigenvalue weighted by Gasteiger charge is 2.50. The van der Waals surface area contributed by atoms with Gasteiger partial charge in [0.05, 0.1) is 25.4 Å². The van der Waals surface area contributed by atoms with Gasteiger partial charge in [0.25, 0.3) is 0 Å². The van der Waals surface area contributed by atoms with Crippen molar-refractivity contribution in [3.8, 4) is 0 Å². The standard InChI is InChI=1S/C38H74O2S/c1-7-9-11-13-15-17-19-21-23-25-27-29-37(3,4)35(33-31-39-33)41-36(34-32-40-34)38(5,6)30-28-26-24-22-20-18-16-14-12-10-8-2/h33-36H,7-32H2,1-6H3. The van der Waals surface area contributed by atoms with Crippen LogP contribution in [0, 0.1) is 10.8 Å². The van der Waals surface area contributed by atoms with Crippen LogP contribution in [0.4, 0.5) is 0 Å². The molecule has 0 saturated carbocycles. The molecule has 2 nitrogen and oxygen atoms in total. The molecule has 244 valence electrons. The minimum absolute atomic E-state index is 0.324. The van der Waals surface area contributed by atoms with E-state index in [0.717, 1.165) is 13.2 Å². The van der Waals surface area contributed by atoms with Crippen LogP contribution in [-0.2, 0) is 9.47 Å². The van der Waals surface area contributed by atoms with Gasteiger partial charge in [0.1, 0.15) is 0 Å². The van der Waals surface area contributed by atoms with Crippen LogP contribution in [0.2, 0.25) is 0 Å². The summed E-state index contributed by atoms with van der Waals surface area (Å²) in [6.45, 7) is 16.7. The first kappa shape index (κ1) is 37.5. The lowest BCUT2D eigenvalue weighted by atomic mass is 9.81. The molecule has 2 heterocycles. The number of epoxide rings is 2. The molecule has 2 aliphatic heterocycles. The molecule has 0 aromatic heterocycles. The molecule has 0 aliphatic carbocycles. The van der Waals surface area contributed by atoms with E-state index < -0.39 is 0 Å². The van der Waals surface area contributed by atoms with Crippen LogP contribution in [-0.4, -0.2) is 35.9 Å². The fraction of sp³-hybridized carbons (Fsp3) is 1.00. The molecule has 0 aromatic rings. The minimum atomic E-state index is 0.324. The number of thioether (sulfide) groups is 1. The molecule has 2 aliphatic rings. The van der Waals surface area contributed by atoms with E-state index >= 15 is 0 Å². The van der Waals surface area contributed by atoms with Crippen LogP contribution in [0.5, 0.6) is 0 Å². The zero-order valence-corrected chi connectivity index (χ0v) is 29.7. The SMILES string of the molecule is CCCCCCCCCCCCCC(C)(C)C(SC(C1CO1)C(C)(C)CCCCCCCCCCCCC)C1CO1. The number of hydrogen-bond donors (Lipinski definition) is 0. The van der Waals surface area contributed by atoms with Crippen molar-refractivity contribution in [2.75, 3.05) is 13.2 Å². The first-order valence-electron chi connectivity index (χ1n) is 18.7. The summed E-state index contributed by atoms with van der Waals surface area (Å²) < 4.78 is 12.0. The van der Waals surface area contributed by atoms with E-state index in [1.807, 2.05) is 0 Å². The maximum absolute atomic E-state index is 5.99. The van der Waals surface area contributed by atoms with Crippen molar-refractivity contribution in [1.82, 2.24) is 0 Å². The smallest absolute Gasteiger partial charge is 0.0933 e. The highest BCUT2D eigenvalue weighted by molar-refractivity contribution is 8.00. The predicted molar refractivity (Wildman–Crippen MR) is 184 cm³/mol. The van der Waals surface area contributed by atoms with Gasteiger partial charge >= 0.3 is 0 Å². The molecule has 2 saturated heterocycles. The summed E-state index contributed by atoms with van der Waals surface area (Å²) in [6.07, 6.45) is 34.9. The highest BCUT2D eigenvalue weighted by atomic mass is 32.2. The van der Waals surface area contributed by atoms with Gasteiger partial charge in [-0.05, 0) is 23.7 Å². The van der Waals surface area contributed by atoms with Gasteiger partial charge in [-0.25, -0.2) is 0 Å². The molecule has 2 rings (SSSR count). The van der Waals surface area contributed by atoms with Gasteiger partial charge in [-0.3, -0.25) is 0 Å². The molecule has 4 atom stereocenters. The molecular weight excluding hydrogens is 520 g/mol. The third-order valence-corrected chi connectivity index (χ3v) is 12.5. The number of unbranched alkanes of at least 4 members (excludes halogenated alkanes) is 20. The van der Waals surface area contributed by atoms with Crippen LogP contribution in [0.15, 0.2) is 0 Å². The number of rotatable bonds is 30. The van der Waals surface area contributed by atoms with E-state index in [-0.39, 0.29) is 0 Å². The zero-order chi connectivity index (χ0) is 29.8. The molecule has 2 fully saturated rings. The average molecular weight is 595 g/mol. The van der Waals surface area contributed by atoms with E-state index in [1.54, 1.807) is 0 Å². The van der Waals surface area contributed by atoms with Crippen molar-refractivity contribution >= 4 is 11.8 Å². The van der Waals surface area contributed by atoms with E-state index in [4.69, 9.17) is 9.47 Å². The van der Waals surface area contributed by atoms with Crippen molar-refractivity contribution < 1.29 is 9.47 Å². The fourth-order valence-corrected chi connectivity index (χ4v) is 8.90. The number of hydrogen-bond acceptors (Lipinski definition) is 3. The Hall–Kier alpha value is 0.270. The van der Waals surface area contributed by atoms with E-state index in [0.29, 0.717) is 33.5 Å². The van der Waals surface area contributed by atoms with Crippen molar-refractivity contribution in [3.63, 3.8) is 0 Å². The third kappa shape index (κ3) is 17.4. The monoisotopic (exact) mass is 595 g/mol. The first-order chi connectivity index (χ1) is 19.8. The second-order valence-corrected chi connectivity index (χ2v) is 16.6. The normalized spacial score (nSPS) is 20.3. The van der Waals surface area contributed by atoms with Crippen LogP contribution < -0.4 is 0 Å². The van der Waals surface area contributed by atoms with Crippen LogP contribution in [0.25, 0.3) is 0 Å². The number of ether oxygens (including phenoxy) is 2. The quantitative estimate of drug-likeness (QED) is 0.0611. The van der Waals surface area contributed by atoms with Crippen LogP contribution >= 0.6 is 11.8 Å². The molecule has 0 aromatic carbocycles. The molecular formula is C38H74O2S. The lowest BCUT2D eigenvalue weighted by Gasteiger charge is -2.40. The molecule has 3 heteroatoms. The Morgan fingerprint density at radius 3 is 0.951 bits per heavy atom. The topological polar surface area (TPSA) is 25.1 Å². The van der Waals surface area contributed by atoms with Crippen molar-refractivity contribution in [1.29, 1.82) is 0 Å². The Bertz CT molecular complexity index is 557. The molecule has 0 N–H and O–H groups in total. The maximum Gasteiger partial charge on any atom is 0.0933 e. The van der Waals surface area contributed by atoms with E-state index in [1.165, 1.54) is 154 Å². The third-order valence-electron chi connectivity index (χ3n) is 10.1. The summed E-state index contributed by atoms with van der Waals surface area (Å²) in [4.78, 5) is 0. The van der Waals surface area contributed by atoms with Crippen LogP contribution in [0.1, 0.15) is 196 Å². The van der Waals surface area contributed by atoms with Crippen molar-refractivity contribution in [2.24, 2.45) is 10.8 Å². The summed E-state index contributed by atoms with van der Waals surface area (Å²) in [6, 6.07) is 0. The lowest BCUT2D eigenvalue weighted by Crippen LogP contribution is -2.39. The van der Waals surface area contributed by atoms with Gasteiger partial charge in [0, 0.05) is 10.5 Å². The highest BCUT2D eigenvalue weighted by Crippen LogP contribution is 2.51. The van der Waals surface area contributed by atoms with Gasteiger partial charge in [-0.2, -0.15) is 0 Å².